The van der Waals surface area contributed by atoms with E-state index in [0.717, 1.165) is 11.1 Å². The first kappa shape index (κ1) is 22.1. The number of carbonyl (C=O) groups excluding carboxylic acids is 1. The third-order valence-corrected chi connectivity index (χ3v) is 4.29. The van der Waals surface area contributed by atoms with Crippen LogP contribution in [0.1, 0.15) is 31.9 Å². The molecule has 5 nitrogen and oxygen atoms in total. The number of hydrogen-bond acceptors (Lipinski definition) is 4. The predicted molar refractivity (Wildman–Crippen MR) is 111 cm³/mol. The van der Waals surface area contributed by atoms with Crippen molar-refractivity contribution in [2.24, 2.45) is 0 Å². The summed E-state index contributed by atoms with van der Waals surface area (Å²) in [5, 5.41) is 13.0. The van der Waals surface area contributed by atoms with Crippen molar-refractivity contribution in [3.05, 3.63) is 65.7 Å². The second-order valence-electron chi connectivity index (χ2n) is 7.56. The molecule has 2 N–H and O–H groups in total. The number of rotatable bonds is 8. The minimum Gasteiger partial charge on any atom is -0.489 e. The largest absolute Gasteiger partial charge is 0.489 e. The van der Waals surface area contributed by atoms with Crippen LogP contribution in [0.5, 0.6) is 5.75 Å². The molecule has 152 valence electrons. The summed E-state index contributed by atoms with van der Waals surface area (Å²) in [5.74, 6) is 0.692. The number of hydrogen-bond donors (Lipinski definition) is 2. The molecule has 1 amide bonds. The average molecular weight is 406 g/mol. The normalized spacial score (nSPS) is 13.5. The lowest BCUT2D eigenvalue weighted by molar-refractivity contribution is 0.0439. The van der Waals surface area contributed by atoms with Crippen LogP contribution in [0, 0.1) is 0 Å². The summed E-state index contributed by atoms with van der Waals surface area (Å²) < 4.78 is 11.3. The van der Waals surface area contributed by atoms with Crippen LogP contribution in [0.4, 0.5) is 4.79 Å². The molecule has 0 unspecified atom stereocenters. The monoisotopic (exact) mass is 405 g/mol. The van der Waals surface area contributed by atoms with Gasteiger partial charge in [-0.3, -0.25) is 0 Å². The molecular formula is C22H28ClNO4. The summed E-state index contributed by atoms with van der Waals surface area (Å²) in [6.45, 7) is 5.78. The summed E-state index contributed by atoms with van der Waals surface area (Å²) in [7, 11) is 0. The van der Waals surface area contributed by atoms with Crippen LogP contribution in [0.25, 0.3) is 0 Å². The van der Waals surface area contributed by atoms with Crippen LogP contribution in [-0.4, -0.2) is 34.8 Å². The number of para-hydroxylation sites is 1. The Balaban J connectivity index is 2.09. The molecule has 0 saturated carbocycles. The zero-order valence-electron chi connectivity index (χ0n) is 16.5. The van der Waals surface area contributed by atoms with Crippen molar-refractivity contribution >= 4 is 17.7 Å². The van der Waals surface area contributed by atoms with E-state index in [2.05, 4.69) is 5.32 Å². The predicted octanol–water partition coefficient (Wildman–Crippen LogP) is 4.30. The summed E-state index contributed by atoms with van der Waals surface area (Å²) in [5.41, 5.74) is 1.29. The zero-order valence-corrected chi connectivity index (χ0v) is 17.3. The highest BCUT2D eigenvalue weighted by molar-refractivity contribution is 6.18. The number of aliphatic hydroxyl groups excluding tert-OH is 1. The van der Waals surface area contributed by atoms with Gasteiger partial charge >= 0.3 is 6.09 Å². The third-order valence-electron chi connectivity index (χ3n) is 3.97. The van der Waals surface area contributed by atoms with E-state index in [1.54, 1.807) is 20.8 Å². The van der Waals surface area contributed by atoms with Gasteiger partial charge in [0.05, 0.1) is 18.0 Å². The van der Waals surface area contributed by atoms with Gasteiger partial charge < -0.3 is 19.9 Å². The number of benzene rings is 2. The molecule has 0 aromatic heterocycles. The summed E-state index contributed by atoms with van der Waals surface area (Å²) in [6, 6.07) is 16.8. The molecule has 0 spiro atoms. The van der Waals surface area contributed by atoms with Gasteiger partial charge in [-0.05, 0) is 44.4 Å². The molecule has 0 radical (unpaired) electrons. The Bertz CT molecular complexity index is 746. The van der Waals surface area contributed by atoms with E-state index in [9.17, 15) is 9.90 Å². The molecule has 2 aromatic rings. The van der Waals surface area contributed by atoms with Crippen LogP contribution < -0.4 is 10.1 Å². The number of alkyl halides is 1. The van der Waals surface area contributed by atoms with Crippen molar-refractivity contribution in [1.29, 1.82) is 0 Å². The quantitative estimate of drug-likeness (QED) is 0.642. The Hall–Kier alpha value is -2.24. The second-order valence-corrected chi connectivity index (χ2v) is 7.87. The lowest BCUT2D eigenvalue weighted by Crippen LogP contribution is -2.47. The summed E-state index contributed by atoms with van der Waals surface area (Å²) in [4.78, 5) is 12.2. The second kappa shape index (κ2) is 10.3. The van der Waals surface area contributed by atoms with Crippen molar-refractivity contribution in [3.63, 3.8) is 0 Å². The first-order valence-corrected chi connectivity index (χ1v) is 9.80. The molecule has 6 heteroatoms. The molecule has 0 heterocycles. The molecule has 0 bridgehead atoms. The lowest BCUT2D eigenvalue weighted by atomic mass is 10.0. The van der Waals surface area contributed by atoms with Crippen LogP contribution in [0.15, 0.2) is 54.6 Å². The van der Waals surface area contributed by atoms with E-state index < -0.39 is 23.8 Å². The smallest absolute Gasteiger partial charge is 0.407 e. The standard InChI is InChI=1S/C22H28ClNO4/c1-22(2,3)28-21(26)24-18(19(25)14-23)13-17-11-7-8-12-20(17)27-15-16-9-5-4-6-10-16/h4-12,18-19,25H,13-15H2,1-3H3,(H,24,26)/t18-,19+/m0/s1. The highest BCUT2D eigenvalue weighted by Gasteiger charge is 2.25. The Kier molecular flexibility index (Phi) is 8.15. The van der Waals surface area contributed by atoms with E-state index in [1.807, 2.05) is 54.6 Å². The van der Waals surface area contributed by atoms with Gasteiger partial charge in [-0.2, -0.15) is 0 Å². The van der Waals surface area contributed by atoms with Crippen molar-refractivity contribution in [3.8, 4) is 5.75 Å². The van der Waals surface area contributed by atoms with Gasteiger partial charge in [-0.1, -0.05) is 48.5 Å². The maximum atomic E-state index is 12.2. The number of aliphatic hydroxyl groups is 1. The zero-order chi connectivity index (χ0) is 20.6. The van der Waals surface area contributed by atoms with E-state index in [-0.39, 0.29) is 5.88 Å². The fourth-order valence-electron chi connectivity index (χ4n) is 2.64. The van der Waals surface area contributed by atoms with E-state index >= 15 is 0 Å². The number of amides is 1. The van der Waals surface area contributed by atoms with E-state index in [0.29, 0.717) is 18.8 Å². The SMILES string of the molecule is CC(C)(C)OC(=O)N[C@@H](Cc1ccccc1OCc1ccccc1)[C@H](O)CCl. The van der Waals surface area contributed by atoms with E-state index in [1.165, 1.54) is 0 Å². The fourth-order valence-corrected chi connectivity index (χ4v) is 2.85. The Morgan fingerprint density at radius 1 is 1.11 bits per heavy atom. The highest BCUT2D eigenvalue weighted by atomic mass is 35.5. The first-order chi connectivity index (χ1) is 13.3. The summed E-state index contributed by atoms with van der Waals surface area (Å²) >= 11 is 5.84. The number of nitrogens with one attached hydrogen (secondary N) is 1. The average Bonchev–Trinajstić information content (AvgIpc) is 2.65. The van der Waals surface area contributed by atoms with Crippen LogP contribution in [0.3, 0.4) is 0 Å². The van der Waals surface area contributed by atoms with Crippen LogP contribution in [-0.2, 0) is 17.8 Å². The molecule has 0 aliphatic carbocycles. The fraction of sp³-hybridized carbons (Fsp3) is 0.409. The van der Waals surface area contributed by atoms with Crippen molar-refractivity contribution < 1.29 is 19.4 Å². The molecule has 28 heavy (non-hydrogen) atoms. The Morgan fingerprint density at radius 2 is 1.75 bits per heavy atom. The number of carbonyl (C=O) groups is 1. The van der Waals surface area contributed by atoms with Gasteiger partial charge in [0.15, 0.2) is 0 Å². The molecule has 2 atom stereocenters. The molecule has 2 rings (SSSR count). The number of ether oxygens (including phenoxy) is 2. The van der Waals surface area contributed by atoms with Gasteiger partial charge in [-0.15, -0.1) is 11.6 Å². The van der Waals surface area contributed by atoms with Crippen LogP contribution >= 0.6 is 11.6 Å². The van der Waals surface area contributed by atoms with Crippen molar-refractivity contribution in [1.82, 2.24) is 5.32 Å². The van der Waals surface area contributed by atoms with Crippen LogP contribution in [0.2, 0.25) is 0 Å². The van der Waals surface area contributed by atoms with Gasteiger partial charge in [-0.25, -0.2) is 4.79 Å². The highest BCUT2D eigenvalue weighted by Crippen LogP contribution is 2.22. The van der Waals surface area contributed by atoms with Gasteiger partial charge in [0.2, 0.25) is 0 Å². The minimum absolute atomic E-state index is 0.00644. The lowest BCUT2D eigenvalue weighted by Gasteiger charge is -2.26. The van der Waals surface area contributed by atoms with Crippen molar-refractivity contribution in [2.75, 3.05) is 5.88 Å². The van der Waals surface area contributed by atoms with Crippen molar-refractivity contribution in [2.45, 2.75) is 51.5 Å². The molecular weight excluding hydrogens is 378 g/mol. The van der Waals surface area contributed by atoms with Gasteiger partial charge in [0.1, 0.15) is 18.0 Å². The Morgan fingerprint density at radius 3 is 2.39 bits per heavy atom. The van der Waals surface area contributed by atoms with Gasteiger partial charge in [0, 0.05) is 0 Å². The Labute approximate surface area is 171 Å². The minimum atomic E-state index is -0.920. The van der Waals surface area contributed by atoms with Gasteiger partial charge in [0.25, 0.3) is 0 Å². The number of alkyl carbamates (subject to hydrolysis) is 1. The molecule has 0 aliphatic heterocycles. The molecule has 0 saturated heterocycles. The number of halogens is 1. The molecule has 2 aromatic carbocycles. The summed E-state index contributed by atoms with van der Waals surface area (Å²) in [6.07, 6.45) is -1.15. The first-order valence-electron chi connectivity index (χ1n) is 9.26. The maximum Gasteiger partial charge on any atom is 0.407 e. The topological polar surface area (TPSA) is 67.8 Å². The molecule has 0 fully saturated rings. The molecule has 0 aliphatic rings. The van der Waals surface area contributed by atoms with E-state index in [4.69, 9.17) is 21.1 Å². The maximum absolute atomic E-state index is 12.2. The third kappa shape index (κ3) is 7.41.